The summed E-state index contributed by atoms with van der Waals surface area (Å²) in [4.78, 5) is 11.4. The van der Waals surface area contributed by atoms with Gasteiger partial charge in [0.25, 0.3) is 0 Å². The maximum Gasteiger partial charge on any atom is 0.416 e. The molecule has 1 aliphatic heterocycles. The van der Waals surface area contributed by atoms with E-state index in [0.29, 0.717) is 11.5 Å². The maximum absolute atomic E-state index is 12.7. The summed E-state index contributed by atoms with van der Waals surface area (Å²) in [5.74, 6) is -0.185. The van der Waals surface area contributed by atoms with Crippen molar-refractivity contribution in [1.82, 2.24) is 0 Å². The van der Waals surface area contributed by atoms with Crippen LogP contribution in [0.25, 0.3) is 0 Å². The highest BCUT2D eigenvalue weighted by molar-refractivity contribution is 6.32. The lowest BCUT2D eigenvalue weighted by molar-refractivity contribution is -0.144. The second-order valence-corrected chi connectivity index (χ2v) is 6.96. The second-order valence-electron chi connectivity index (χ2n) is 6.55. The van der Waals surface area contributed by atoms with Gasteiger partial charge in [-0.2, -0.15) is 13.2 Å². The van der Waals surface area contributed by atoms with Crippen molar-refractivity contribution in [3.05, 3.63) is 52.5 Å². The Labute approximate surface area is 151 Å². The number of alkyl halides is 3. The molecule has 2 aromatic rings. The predicted octanol–water partition coefficient (Wildman–Crippen LogP) is 5.10. The number of carbonyl (C=O) groups is 1. The fourth-order valence-corrected chi connectivity index (χ4v) is 3.58. The van der Waals surface area contributed by atoms with Crippen LogP contribution in [0.15, 0.2) is 36.4 Å². The molecule has 1 aliphatic carbocycles. The number of carboxylic acid groups (broad SMARTS) is 1. The Hall–Kier alpha value is -2.41. The normalized spacial score (nSPS) is 25.9. The van der Waals surface area contributed by atoms with Gasteiger partial charge in [-0.25, -0.2) is 0 Å². The summed E-state index contributed by atoms with van der Waals surface area (Å²) >= 11 is 5.88. The molecule has 0 radical (unpaired) electrons. The minimum Gasteiger partial charge on any atom is -0.488 e. The van der Waals surface area contributed by atoms with E-state index in [4.69, 9.17) is 21.1 Å². The minimum absolute atomic E-state index is 0.0816. The van der Waals surface area contributed by atoms with Gasteiger partial charge in [0.05, 0.1) is 10.6 Å². The maximum atomic E-state index is 12.7. The summed E-state index contributed by atoms with van der Waals surface area (Å²) in [5.41, 5.74) is -1.00. The fraction of sp³-hybridized carbons (Fsp3) is 0.278. The third kappa shape index (κ3) is 2.41. The van der Waals surface area contributed by atoms with E-state index in [1.54, 1.807) is 25.1 Å². The van der Waals surface area contributed by atoms with Gasteiger partial charge in [-0.15, -0.1) is 0 Å². The molecule has 1 saturated carbocycles. The Morgan fingerprint density at radius 3 is 2.62 bits per heavy atom. The number of aliphatic carboxylic acids is 1. The molecule has 136 valence electrons. The van der Waals surface area contributed by atoms with Crippen molar-refractivity contribution in [2.75, 3.05) is 0 Å². The number of ether oxygens (including phenoxy) is 2. The van der Waals surface area contributed by atoms with Crippen LogP contribution in [-0.2, 0) is 11.0 Å². The van der Waals surface area contributed by atoms with E-state index in [1.165, 1.54) is 0 Å². The largest absolute Gasteiger partial charge is 0.488 e. The molecular weight excluding hydrogens is 373 g/mol. The average molecular weight is 385 g/mol. The molecule has 0 unspecified atom stereocenters. The summed E-state index contributed by atoms with van der Waals surface area (Å²) in [5, 5.41) is 9.14. The van der Waals surface area contributed by atoms with Gasteiger partial charge < -0.3 is 14.6 Å². The van der Waals surface area contributed by atoms with Crippen LogP contribution in [0, 0.1) is 5.41 Å². The Bertz CT molecular complexity index is 927. The number of halogens is 4. The monoisotopic (exact) mass is 384 g/mol. The van der Waals surface area contributed by atoms with Crippen LogP contribution >= 0.6 is 11.6 Å². The van der Waals surface area contributed by atoms with E-state index in [0.717, 1.165) is 23.8 Å². The van der Waals surface area contributed by atoms with Gasteiger partial charge in [-0.1, -0.05) is 17.7 Å². The third-order valence-electron chi connectivity index (χ3n) is 4.95. The molecule has 4 rings (SSSR count). The summed E-state index contributed by atoms with van der Waals surface area (Å²) < 4.78 is 49.3. The van der Waals surface area contributed by atoms with Gasteiger partial charge >= 0.3 is 12.1 Å². The summed E-state index contributed by atoms with van der Waals surface area (Å²) in [6, 6.07) is 7.74. The van der Waals surface area contributed by atoms with E-state index in [2.05, 4.69) is 0 Å². The Balaban J connectivity index is 1.56. The smallest absolute Gasteiger partial charge is 0.416 e. The highest BCUT2D eigenvalue weighted by atomic mass is 35.5. The predicted molar refractivity (Wildman–Crippen MR) is 85.9 cm³/mol. The number of fused-ring (bicyclic) bond motifs is 3. The number of hydrogen-bond donors (Lipinski definition) is 1. The SMILES string of the molecule is C[C@@]1(C(=O)O)[C@@H]2Oc3cc(Oc4ccc(C(F)(F)F)cc4Cl)ccc3[C@@H]21. The van der Waals surface area contributed by atoms with Gasteiger partial charge in [0, 0.05) is 17.5 Å². The lowest BCUT2D eigenvalue weighted by Crippen LogP contribution is -2.20. The lowest BCUT2D eigenvalue weighted by Gasteiger charge is -2.15. The molecule has 0 bridgehead atoms. The van der Waals surface area contributed by atoms with E-state index in [9.17, 15) is 23.1 Å². The van der Waals surface area contributed by atoms with Crippen molar-refractivity contribution in [3.63, 3.8) is 0 Å². The molecule has 1 N–H and O–H groups in total. The van der Waals surface area contributed by atoms with Crippen molar-refractivity contribution in [3.8, 4) is 17.2 Å². The molecule has 0 spiro atoms. The molecular formula is C18H12ClF3O4. The van der Waals surface area contributed by atoms with E-state index >= 15 is 0 Å². The van der Waals surface area contributed by atoms with Crippen molar-refractivity contribution >= 4 is 17.6 Å². The summed E-state index contributed by atoms with van der Waals surface area (Å²) in [7, 11) is 0. The van der Waals surface area contributed by atoms with Crippen molar-refractivity contribution in [2.24, 2.45) is 5.41 Å². The number of carboxylic acids is 1. The molecule has 1 heterocycles. The van der Waals surface area contributed by atoms with Gasteiger partial charge in [0.15, 0.2) is 0 Å². The van der Waals surface area contributed by atoms with E-state index in [-0.39, 0.29) is 16.7 Å². The Morgan fingerprint density at radius 1 is 1.27 bits per heavy atom. The molecule has 8 heteroatoms. The zero-order valence-electron chi connectivity index (χ0n) is 13.3. The van der Waals surface area contributed by atoms with Crippen molar-refractivity contribution in [1.29, 1.82) is 0 Å². The molecule has 2 aliphatic rings. The summed E-state index contributed by atoms with van der Waals surface area (Å²) in [6.07, 6.45) is -4.90. The second kappa shape index (κ2) is 5.30. The van der Waals surface area contributed by atoms with Gasteiger partial charge in [0.1, 0.15) is 28.8 Å². The lowest BCUT2D eigenvalue weighted by atomic mass is 10.00. The third-order valence-corrected chi connectivity index (χ3v) is 5.25. The number of hydrogen-bond acceptors (Lipinski definition) is 3. The van der Waals surface area contributed by atoms with Crippen molar-refractivity contribution in [2.45, 2.75) is 25.1 Å². The molecule has 0 amide bonds. The molecule has 0 saturated heterocycles. The van der Waals surface area contributed by atoms with E-state index in [1.807, 2.05) is 0 Å². The first-order valence-electron chi connectivity index (χ1n) is 7.71. The molecule has 26 heavy (non-hydrogen) atoms. The highest BCUT2D eigenvalue weighted by Gasteiger charge is 2.73. The minimum atomic E-state index is -4.48. The first-order valence-corrected chi connectivity index (χ1v) is 8.09. The van der Waals surface area contributed by atoms with Gasteiger partial charge in [-0.05, 0) is 31.2 Å². The zero-order valence-corrected chi connectivity index (χ0v) is 14.1. The quantitative estimate of drug-likeness (QED) is 0.799. The first kappa shape index (κ1) is 17.0. The molecule has 2 aromatic carbocycles. The standard InChI is InChI=1S/C18H12ClF3O4/c1-17(16(23)24)14-10-4-3-9(7-13(10)26-15(14)17)25-12-5-2-8(6-11(12)19)18(20,21)22/h2-7,14-15H,1H3,(H,23,24)/t14-,15+,17-/m0/s1. The highest BCUT2D eigenvalue weighted by Crippen LogP contribution is 2.67. The first-order chi connectivity index (χ1) is 12.1. The van der Waals surface area contributed by atoms with Crippen LogP contribution in [0.5, 0.6) is 17.2 Å². The fourth-order valence-electron chi connectivity index (χ4n) is 3.37. The van der Waals surface area contributed by atoms with Gasteiger partial charge in [-0.3, -0.25) is 4.79 Å². The number of rotatable bonds is 3. The van der Waals surface area contributed by atoms with Crippen molar-refractivity contribution < 1.29 is 32.5 Å². The topological polar surface area (TPSA) is 55.8 Å². The van der Waals surface area contributed by atoms with Gasteiger partial charge in [0.2, 0.25) is 0 Å². The molecule has 3 atom stereocenters. The molecule has 0 aromatic heterocycles. The van der Waals surface area contributed by atoms with Crippen LogP contribution in [0.2, 0.25) is 5.02 Å². The zero-order chi connectivity index (χ0) is 18.9. The van der Waals surface area contributed by atoms with Crippen LogP contribution in [0.3, 0.4) is 0 Å². The Kier molecular flexibility index (Phi) is 3.47. The van der Waals surface area contributed by atoms with Crippen LogP contribution < -0.4 is 9.47 Å². The van der Waals surface area contributed by atoms with E-state index < -0.39 is 29.2 Å². The molecule has 4 nitrogen and oxygen atoms in total. The number of benzene rings is 2. The van der Waals surface area contributed by atoms with Crippen LogP contribution in [0.4, 0.5) is 13.2 Å². The average Bonchev–Trinajstić information content (AvgIpc) is 2.97. The molecule has 1 fully saturated rings. The Morgan fingerprint density at radius 2 is 2.00 bits per heavy atom. The van der Waals surface area contributed by atoms with Crippen LogP contribution in [0.1, 0.15) is 24.0 Å². The van der Waals surface area contributed by atoms with Crippen LogP contribution in [-0.4, -0.2) is 17.2 Å². The summed E-state index contributed by atoms with van der Waals surface area (Å²) in [6.45, 7) is 1.64.